The number of hydrogen-bond acceptors (Lipinski definition) is 6. The van der Waals surface area contributed by atoms with Gasteiger partial charge in [0.25, 0.3) is 0 Å². The van der Waals surface area contributed by atoms with Crippen molar-refractivity contribution in [2.24, 2.45) is 5.92 Å². The quantitative estimate of drug-likeness (QED) is 0.496. The van der Waals surface area contributed by atoms with Gasteiger partial charge in [-0.3, -0.25) is 9.36 Å². The highest BCUT2D eigenvalue weighted by Crippen LogP contribution is 2.39. The van der Waals surface area contributed by atoms with Gasteiger partial charge in [-0.05, 0) is 43.0 Å². The molecule has 1 aromatic heterocycles. The maximum atomic E-state index is 12.1. The van der Waals surface area contributed by atoms with Crippen molar-refractivity contribution in [3.63, 3.8) is 0 Å². The van der Waals surface area contributed by atoms with Crippen LogP contribution < -0.4 is 10.1 Å². The molecule has 1 fully saturated rings. The molecule has 1 heterocycles. The lowest BCUT2D eigenvalue weighted by Crippen LogP contribution is -2.28. The number of thioether (sulfide) groups is 1. The third-order valence-corrected chi connectivity index (χ3v) is 6.31. The third kappa shape index (κ3) is 5.51. The third-order valence-electron chi connectivity index (χ3n) is 5.37. The number of nitrogens with one attached hydrogen (secondary N) is 1. The van der Waals surface area contributed by atoms with Crippen molar-refractivity contribution in [1.82, 2.24) is 20.1 Å². The van der Waals surface area contributed by atoms with Gasteiger partial charge in [0.15, 0.2) is 11.0 Å². The minimum Gasteiger partial charge on any atom is -0.497 e. The summed E-state index contributed by atoms with van der Waals surface area (Å²) in [7, 11) is 3.28. The highest BCUT2D eigenvalue weighted by molar-refractivity contribution is 7.99. The van der Waals surface area contributed by atoms with E-state index in [0.29, 0.717) is 30.9 Å². The standard InChI is InChI=1S/C21H30N4O3S/c1-15-6-4-5-7-18(15)25-20(16-8-10-17(28-3)11-9-16)23-24-21(25)29-14-19(26)22-12-13-27-2/h8-11,15,18H,4-7,12-14H2,1-3H3,(H,22,26)/t15-,18+/m0/s1. The molecule has 2 atom stereocenters. The SMILES string of the molecule is COCCNC(=O)CSc1nnc(-c2ccc(OC)cc2)n1[C@@H]1CCCC[C@@H]1C. The highest BCUT2D eigenvalue weighted by Gasteiger charge is 2.28. The zero-order valence-corrected chi connectivity index (χ0v) is 18.2. The van der Waals surface area contributed by atoms with E-state index in [0.717, 1.165) is 28.7 Å². The number of rotatable bonds is 9. The van der Waals surface area contributed by atoms with E-state index in [9.17, 15) is 4.79 Å². The van der Waals surface area contributed by atoms with Gasteiger partial charge in [0.2, 0.25) is 5.91 Å². The number of carbonyl (C=O) groups excluding carboxylic acids is 1. The lowest BCUT2D eigenvalue weighted by Gasteiger charge is -2.31. The number of aromatic nitrogens is 3. The fourth-order valence-electron chi connectivity index (χ4n) is 3.77. The van der Waals surface area contributed by atoms with Crippen LogP contribution in [0, 0.1) is 5.92 Å². The molecule has 3 rings (SSSR count). The molecular weight excluding hydrogens is 388 g/mol. The van der Waals surface area contributed by atoms with E-state index < -0.39 is 0 Å². The van der Waals surface area contributed by atoms with Crippen LogP contribution in [0.2, 0.25) is 0 Å². The number of ether oxygens (including phenoxy) is 2. The first-order valence-corrected chi connectivity index (χ1v) is 11.1. The van der Waals surface area contributed by atoms with Crippen LogP contribution in [0.5, 0.6) is 5.75 Å². The first kappa shape index (κ1) is 21.6. The molecule has 0 radical (unpaired) electrons. The lowest BCUT2D eigenvalue weighted by molar-refractivity contribution is -0.118. The summed E-state index contributed by atoms with van der Waals surface area (Å²) < 4.78 is 12.5. The molecule has 7 nitrogen and oxygen atoms in total. The zero-order chi connectivity index (χ0) is 20.6. The molecule has 0 bridgehead atoms. The average Bonchev–Trinajstić information content (AvgIpc) is 3.16. The summed E-state index contributed by atoms with van der Waals surface area (Å²) in [5, 5.41) is 12.6. The van der Waals surface area contributed by atoms with Crippen LogP contribution in [-0.2, 0) is 9.53 Å². The number of carbonyl (C=O) groups is 1. The highest BCUT2D eigenvalue weighted by atomic mass is 32.2. The number of nitrogens with zero attached hydrogens (tertiary/aromatic N) is 3. The molecule has 0 aliphatic heterocycles. The van der Waals surface area contributed by atoms with Gasteiger partial charge < -0.3 is 14.8 Å². The van der Waals surface area contributed by atoms with Crippen LogP contribution in [-0.4, -0.2) is 53.8 Å². The van der Waals surface area contributed by atoms with Crippen LogP contribution in [0.3, 0.4) is 0 Å². The molecule has 1 N–H and O–H groups in total. The largest absolute Gasteiger partial charge is 0.497 e. The second-order valence-corrected chi connectivity index (χ2v) is 8.31. The minimum atomic E-state index is -0.0238. The predicted octanol–water partition coefficient (Wildman–Crippen LogP) is 3.56. The van der Waals surface area contributed by atoms with Crippen molar-refractivity contribution in [3.8, 4) is 17.1 Å². The van der Waals surface area contributed by atoms with Gasteiger partial charge in [0.05, 0.1) is 19.5 Å². The monoisotopic (exact) mass is 418 g/mol. The molecule has 0 saturated heterocycles. The molecule has 2 aromatic rings. The molecule has 1 aliphatic rings. The second-order valence-electron chi connectivity index (χ2n) is 7.37. The van der Waals surface area contributed by atoms with Crippen molar-refractivity contribution in [1.29, 1.82) is 0 Å². The van der Waals surface area contributed by atoms with Gasteiger partial charge in [0.1, 0.15) is 5.75 Å². The van der Waals surface area contributed by atoms with E-state index in [2.05, 4.69) is 27.0 Å². The van der Waals surface area contributed by atoms with Crippen LogP contribution in [0.1, 0.15) is 38.6 Å². The van der Waals surface area contributed by atoms with Crippen LogP contribution in [0.4, 0.5) is 0 Å². The molecule has 0 spiro atoms. The van der Waals surface area contributed by atoms with Crippen LogP contribution in [0.25, 0.3) is 11.4 Å². The molecule has 29 heavy (non-hydrogen) atoms. The minimum absolute atomic E-state index is 0.0238. The maximum absolute atomic E-state index is 12.1. The zero-order valence-electron chi connectivity index (χ0n) is 17.4. The van der Waals surface area contributed by atoms with Crippen molar-refractivity contribution < 1.29 is 14.3 Å². The van der Waals surface area contributed by atoms with E-state index in [-0.39, 0.29) is 5.91 Å². The summed E-state index contributed by atoms with van der Waals surface area (Å²) in [4.78, 5) is 12.1. The summed E-state index contributed by atoms with van der Waals surface area (Å²) >= 11 is 1.44. The number of benzene rings is 1. The number of amides is 1. The van der Waals surface area contributed by atoms with Gasteiger partial charge in [-0.25, -0.2) is 0 Å². The van der Waals surface area contributed by atoms with Crippen molar-refractivity contribution in [2.45, 2.75) is 43.8 Å². The first-order chi connectivity index (χ1) is 14.1. The van der Waals surface area contributed by atoms with Crippen LogP contribution >= 0.6 is 11.8 Å². The molecule has 1 amide bonds. The molecule has 1 aliphatic carbocycles. The summed E-state index contributed by atoms with van der Waals surface area (Å²) in [6.07, 6.45) is 4.78. The Bertz CT molecular complexity index is 794. The van der Waals surface area contributed by atoms with E-state index in [4.69, 9.17) is 9.47 Å². The summed E-state index contributed by atoms with van der Waals surface area (Å²) in [5.41, 5.74) is 1.01. The molecule has 1 aromatic carbocycles. The Labute approximate surface area is 176 Å². The van der Waals surface area contributed by atoms with Gasteiger partial charge in [-0.15, -0.1) is 10.2 Å². The number of hydrogen-bond donors (Lipinski definition) is 1. The molecular formula is C21H30N4O3S. The van der Waals surface area contributed by atoms with Crippen molar-refractivity contribution >= 4 is 17.7 Å². The van der Waals surface area contributed by atoms with Crippen molar-refractivity contribution in [2.75, 3.05) is 33.1 Å². The Morgan fingerprint density at radius 1 is 1.21 bits per heavy atom. The lowest BCUT2D eigenvalue weighted by atomic mass is 9.85. The maximum Gasteiger partial charge on any atom is 0.230 e. The Morgan fingerprint density at radius 3 is 2.66 bits per heavy atom. The summed E-state index contributed by atoms with van der Waals surface area (Å²) in [6, 6.07) is 8.25. The summed E-state index contributed by atoms with van der Waals surface area (Å²) in [6.45, 7) is 3.32. The molecule has 1 saturated carbocycles. The second kappa shape index (κ2) is 10.6. The Hall–Kier alpha value is -2.06. The Kier molecular flexibility index (Phi) is 7.94. The fourth-order valence-corrected chi connectivity index (χ4v) is 4.59. The van der Waals surface area contributed by atoms with Gasteiger partial charge >= 0.3 is 0 Å². The molecule has 158 valence electrons. The van der Waals surface area contributed by atoms with Gasteiger partial charge in [0, 0.05) is 25.3 Å². The molecule has 8 heteroatoms. The number of methoxy groups -OCH3 is 2. The topological polar surface area (TPSA) is 78.3 Å². The Morgan fingerprint density at radius 2 is 1.97 bits per heavy atom. The van der Waals surface area contributed by atoms with E-state index in [1.54, 1.807) is 14.2 Å². The van der Waals surface area contributed by atoms with Crippen molar-refractivity contribution in [3.05, 3.63) is 24.3 Å². The fraction of sp³-hybridized carbons (Fsp3) is 0.571. The first-order valence-electron chi connectivity index (χ1n) is 10.1. The van der Waals surface area contributed by atoms with Crippen LogP contribution in [0.15, 0.2) is 29.4 Å². The Balaban J connectivity index is 1.83. The smallest absolute Gasteiger partial charge is 0.230 e. The average molecular weight is 419 g/mol. The van der Waals surface area contributed by atoms with Gasteiger partial charge in [-0.2, -0.15) is 0 Å². The molecule has 0 unspecified atom stereocenters. The van der Waals surface area contributed by atoms with E-state index >= 15 is 0 Å². The van der Waals surface area contributed by atoms with Gasteiger partial charge in [-0.1, -0.05) is 31.5 Å². The van der Waals surface area contributed by atoms with E-state index in [1.807, 2.05) is 24.3 Å². The summed E-state index contributed by atoms with van der Waals surface area (Å²) in [5.74, 6) is 2.50. The van der Waals surface area contributed by atoms with E-state index in [1.165, 1.54) is 31.0 Å². The normalized spacial score (nSPS) is 19.1. The predicted molar refractivity (Wildman–Crippen MR) is 114 cm³/mol.